The number of carboxylic acid groups (broad SMARTS) is 1. The number of imidazole rings is 1. The Morgan fingerprint density at radius 1 is 1.06 bits per heavy atom. The fourth-order valence-electron chi connectivity index (χ4n) is 3.77. The van der Waals surface area contributed by atoms with Crippen molar-refractivity contribution in [3.8, 4) is 0 Å². The van der Waals surface area contributed by atoms with Gasteiger partial charge in [-0.15, -0.1) is 0 Å². The molecule has 174 valence electrons. The van der Waals surface area contributed by atoms with Crippen LogP contribution in [0.25, 0.3) is 28.0 Å². The second kappa shape index (κ2) is 9.47. The molecule has 0 saturated carbocycles. The van der Waals surface area contributed by atoms with E-state index in [1.807, 2.05) is 48.5 Å². The summed E-state index contributed by atoms with van der Waals surface area (Å²) in [5, 5.41) is 13.9. The minimum Gasteiger partial charge on any atom is -0.477 e. The molecule has 35 heavy (non-hydrogen) atoms. The van der Waals surface area contributed by atoms with Crippen molar-refractivity contribution < 1.29 is 19.1 Å². The van der Waals surface area contributed by atoms with Gasteiger partial charge in [0.25, 0.3) is 0 Å². The molecule has 3 N–H and O–H groups in total. The van der Waals surface area contributed by atoms with Crippen LogP contribution in [0.1, 0.15) is 5.56 Å². The van der Waals surface area contributed by atoms with E-state index < -0.39 is 5.97 Å². The summed E-state index contributed by atoms with van der Waals surface area (Å²) in [6.07, 6.45) is 3.33. The second-order valence-electron chi connectivity index (χ2n) is 7.76. The van der Waals surface area contributed by atoms with Gasteiger partial charge in [0, 0.05) is 28.4 Å². The van der Waals surface area contributed by atoms with Gasteiger partial charge >= 0.3 is 5.97 Å². The summed E-state index contributed by atoms with van der Waals surface area (Å²) in [5.41, 5.74) is 3.51. The topological polar surface area (TPSA) is 100 Å². The molecule has 2 aromatic heterocycles. The van der Waals surface area contributed by atoms with Crippen LogP contribution in [-0.2, 0) is 16.1 Å². The Labute approximate surface area is 203 Å². The summed E-state index contributed by atoms with van der Waals surface area (Å²) >= 11 is 1.03. The number of nitrogens with one attached hydrogen (secondary N) is 2. The second-order valence-corrected chi connectivity index (χ2v) is 8.79. The molecule has 5 rings (SSSR count). The molecule has 0 radical (unpaired) electrons. The van der Waals surface area contributed by atoms with Gasteiger partial charge in [-0.2, -0.15) is 0 Å². The average Bonchev–Trinajstić information content (AvgIpc) is 3.41. The number of amides is 1. The molecule has 0 bridgehead atoms. The SMILES string of the molecule is O=C(Cn1cc(/C=C(\Sc2nc3ccccc3[nH]2)C(=O)O)c2ccccc21)Nc1ccc(F)cc1. The molecule has 0 unspecified atom stereocenters. The van der Waals surface area contributed by atoms with Crippen molar-refractivity contribution in [1.82, 2.24) is 14.5 Å². The van der Waals surface area contributed by atoms with Crippen LogP contribution in [0.2, 0.25) is 0 Å². The first-order valence-electron chi connectivity index (χ1n) is 10.7. The minimum atomic E-state index is -1.08. The summed E-state index contributed by atoms with van der Waals surface area (Å²) in [6, 6.07) is 20.5. The number of carbonyl (C=O) groups excluding carboxylic acids is 1. The number of nitrogens with zero attached hydrogens (tertiary/aromatic N) is 2. The molecule has 0 aliphatic carbocycles. The third-order valence-corrected chi connectivity index (χ3v) is 6.23. The van der Waals surface area contributed by atoms with Gasteiger partial charge in [0.15, 0.2) is 5.16 Å². The third-order valence-electron chi connectivity index (χ3n) is 5.33. The summed E-state index contributed by atoms with van der Waals surface area (Å²) < 4.78 is 14.9. The zero-order valence-corrected chi connectivity index (χ0v) is 19.1. The van der Waals surface area contributed by atoms with Gasteiger partial charge < -0.3 is 20.0 Å². The molecule has 0 aliphatic heterocycles. The Balaban J connectivity index is 1.44. The maximum atomic E-state index is 13.1. The number of fused-ring (bicyclic) bond motifs is 2. The van der Waals surface area contributed by atoms with Gasteiger partial charge in [-0.05, 0) is 60.3 Å². The number of benzene rings is 3. The lowest BCUT2D eigenvalue weighted by molar-refractivity contribution is -0.131. The van der Waals surface area contributed by atoms with Gasteiger partial charge in [-0.1, -0.05) is 30.3 Å². The molecule has 0 atom stereocenters. The summed E-state index contributed by atoms with van der Waals surface area (Å²) in [4.78, 5) is 32.3. The number of aromatic nitrogens is 3. The summed E-state index contributed by atoms with van der Waals surface area (Å²) in [7, 11) is 0. The number of aliphatic carboxylic acids is 1. The molecule has 0 saturated heterocycles. The average molecular weight is 487 g/mol. The number of H-pyrrole nitrogens is 1. The zero-order valence-electron chi connectivity index (χ0n) is 18.2. The Kier molecular flexibility index (Phi) is 6.07. The lowest BCUT2D eigenvalue weighted by atomic mass is 10.1. The van der Waals surface area contributed by atoms with Crippen LogP contribution in [0, 0.1) is 5.82 Å². The lowest BCUT2D eigenvalue weighted by Crippen LogP contribution is -2.18. The van der Waals surface area contributed by atoms with Crippen LogP contribution in [0.4, 0.5) is 10.1 Å². The molecule has 5 aromatic rings. The lowest BCUT2D eigenvalue weighted by Gasteiger charge is -2.07. The van der Waals surface area contributed by atoms with Crippen LogP contribution in [0.5, 0.6) is 0 Å². The largest absolute Gasteiger partial charge is 0.477 e. The highest BCUT2D eigenvalue weighted by atomic mass is 32.2. The number of anilines is 1. The highest BCUT2D eigenvalue weighted by Gasteiger charge is 2.16. The van der Waals surface area contributed by atoms with E-state index in [4.69, 9.17) is 0 Å². The fraction of sp³-hybridized carbons (Fsp3) is 0.0385. The van der Waals surface area contributed by atoms with E-state index in [0.29, 0.717) is 16.4 Å². The van der Waals surface area contributed by atoms with E-state index in [1.165, 1.54) is 24.3 Å². The fourth-order valence-corrected chi connectivity index (χ4v) is 4.55. The molecule has 3 aromatic carbocycles. The molecule has 0 fully saturated rings. The Morgan fingerprint density at radius 3 is 2.57 bits per heavy atom. The molecular weight excluding hydrogens is 467 g/mol. The molecular formula is C26H19FN4O3S. The molecule has 1 amide bonds. The van der Waals surface area contributed by atoms with Crippen LogP contribution < -0.4 is 5.32 Å². The monoisotopic (exact) mass is 486 g/mol. The van der Waals surface area contributed by atoms with E-state index in [2.05, 4.69) is 15.3 Å². The molecule has 9 heteroatoms. The van der Waals surface area contributed by atoms with Crippen molar-refractivity contribution in [3.05, 3.63) is 95.3 Å². The van der Waals surface area contributed by atoms with E-state index in [0.717, 1.165) is 33.7 Å². The van der Waals surface area contributed by atoms with Crippen LogP contribution in [0.3, 0.4) is 0 Å². The van der Waals surface area contributed by atoms with Gasteiger partial charge in [-0.25, -0.2) is 14.2 Å². The number of hydrogen-bond acceptors (Lipinski definition) is 4. The predicted molar refractivity (Wildman–Crippen MR) is 135 cm³/mol. The number of carboxylic acids is 1. The number of aromatic amines is 1. The van der Waals surface area contributed by atoms with Crippen molar-refractivity contribution in [2.75, 3.05) is 5.32 Å². The number of rotatable bonds is 7. The van der Waals surface area contributed by atoms with Crippen LogP contribution in [-0.4, -0.2) is 31.5 Å². The van der Waals surface area contributed by atoms with E-state index in [-0.39, 0.29) is 23.2 Å². The van der Waals surface area contributed by atoms with Gasteiger partial charge in [0.2, 0.25) is 5.91 Å². The van der Waals surface area contributed by atoms with Gasteiger partial charge in [0.05, 0.1) is 11.0 Å². The maximum absolute atomic E-state index is 13.1. The predicted octanol–water partition coefficient (Wildman–Crippen LogP) is 5.51. The number of para-hydroxylation sites is 3. The van der Waals surface area contributed by atoms with Gasteiger partial charge in [0.1, 0.15) is 17.3 Å². The molecule has 0 spiro atoms. The first kappa shape index (κ1) is 22.4. The van der Waals surface area contributed by atoms with E-state index >= 15 is 0 Å². The summed E-state index contributed by atoms with van der Waals surface area (Å²) in [5.74, 6) is -1.75. The smallest absolute Gasteiger partial charge is 0.342 e. The standard InChI is InChI=1S/C26H19FN4O3S/c27-17-9-11-18(12-10-17)28-24(32)15-31-14-16(19-5-1-4-8-22(19)31)13-23(25(33)34)35-26-29-20-6-2-3-7-21(20)30-26/h1-14H,15H2,(H,28,32)(H,29,30)(H,33,34)/b23-13-. The Bertz CT molecular complexity index is 1550. The minimum absolute atomic E-state index is 0.00481. The van der Waals surface area contributed by atoms with Crippen molar-refractivity contribution in [1.29, 1.82) is 0 Å². The maximum Gasteiger partial charge on any atom is 0.342 e. The number of hydrogen-bond donors (Lipinski definition) is 3. The van der Waals surface area contributed by atoms with Crippen molar-refractivity contribution >= 4 is 57.3 Å². The number of carbonyl (C=O) groups is 2. The highest BCUT2D eigenvalue weighted by Crippen LogP contribution is 2.31. The highest BCUT2D eigenvalue weighted by molar-refractivity contribution is 8.04. The molecule has 0 aliphatic rings. The first-order valence-corrected chi connectivity index (χ1v) is 11.5. The van der Waals surface area contributed by atoms with Crippen molar-refractivity contribution in [2.45, 2.75) is 11.7 Å². The van der Waals surface area contributed by atoms with Crippen molar-refractivity contribution in [2.24, 2.45) is 0 Å². The Hall–Kier alpha value is -4.37. The van der Waals surface area contributed by atoms with E-state index in [9.17, 15) is 19.1 Å². The zero-order chi connectivity index (χ0) is 24.4. The van der Waals surface area contributed by atoms with Crippen molar-refractivity contribution in [3.63, 3.8) is 0 Å². The molecule has 2 heterocycles. The number of halogens is 1. The van der Waals surface area contributed by atoms with Crippen LogP contribution >= 0.6 is 11.8 Å². The number of thioether (sulfide) groups is 1. The molecule has 7 nitrogen and oxygen atoms in total. The summed E-state index contributed by atoms with van der Waals surface area (Å²) in [6.45, 7) is 0.00481. The van der Waals surface area contributed by atoms with Crippen LogP contribution in [0.15, 0.2) is 89.1 Å². The quantitative estimate of drug-likeness (QED) is 0.208. The normalized spacial score (nSPS) is 11.7. The first-order chi connectivity index (χ1) is 17.0. The van der Waals surface area contributed by atoms with E-state index in [1.54, 1.807) is 16.8 Å². The third kappa shape index (κ3) is 4.95. The van der Waals surface area contributed by atoms with Gasteiger partial charge in [-0.3, -0.25) is 4.79 Å². The Morgan fingerprint density at radius 2 is 1.80 bits per heavy atom.